The summed E-state index contributed by atoms with van der Waals surface area (Å²) in [5.41, 5.74) is 2.15. The number of carbonyl (C=O) groups excluding carboxylic acids is 2. The van der Waals surface area contributed by atoms with Gasteiger partial charge in [-0.1, -0.05) is 17.7 Å². The Morgan fingerprint density at radius 2 is 2.00 bits per heavy atom. The molecule has 0 bridgehead atoms. The predicted octanol–water partition coefficient (Wildman–Crippen LogP) is 4.97. The summed E-state index contributed by atoms with van der Waals surface area (Å²) in [5.74, 6) is 1.46. The Kier molecular flexibility index (Phi) is 7.10. The number of halogens is 1. The first-order valence-corrected chi connectivity index (χ1v) is 11.0. The molecule has 0 aliphatic carbocycles. The van der Waals surface area contributed by atoms with Crippen LogP contribution in [0.3, 0.4) is 0 Å². The summed E-state index contributed by atoms with van der Waals surface area (Å²) in [7, 11) is 3.37. The van der Waals surface area contributed by atoms with Crippen LogP contribution in [0.1, 0.15) is 29.8 Å². The standard InChI is InChI=1S/C23H24ClNO4S/c1-5-28-20-11-15(6-8-19(20)29-14(2)23(27)25(3)4)10-16-13-30-21-9-7-17(24)12-18(21)22(16)26/h6-12,14H,5,13H2,1-4H3. The van der Waals surface area contributed by atoms with E-state index in [2.05, 4.69) is 0 Å². The van der Waals surface area contributed by atoms with Crippen LogP contribution in [0, 0.1) is 0 Å². The normalized spacial score (nSPS) is 15.5. The molecule has 0 spiro atoms. The number of rotatable bonds is 6. The molecular weight excluding hydrogens is 422 g/mol. The number of likely N-dealkylation sites (N-methyl/N-ethyl adjacent to an activating group) is 1. The van der Waals surface area contributed by atoms with E-state index in [4.69, 9.17) is 21.1 Å². The number of carbonyl (C=O) groups is 2. The van der Waals surface area contributed by atoms with Gasteiger partial charge in [-0.05, 0) is 55.8 Å². The maximum atomic E-state index is 12.9. The van der Waals surface area contributed by atoms with E-state index in [1.807, 2.05) is 31.2 Å². The first-order valence-electron chi connectivity index (χ1n) is 9.62. The van der Waals surface area contributed by atoms with Gasteiger partial charge in [0, 0.05) is 40.9 Å². The van der Waals surface area contributed by atoms with Crippen LogP contribution in [0.15, 0.2) is 46.9 Å². The van der Waals surface area contributed by atoms with E-state index >= 15 is 0 Å². The van der Waals surface area contributed by atoms with Crippen LogP contribution in [0.25, 0.3) is 6.08 Å². The van der Waals surface area contributed by atoms with E-state index in [1.165, 1.54) is 4.90 Å². The van der Waals surface area contributed by atoms with Crippen LogP contribution < -0.4 is 9.47 Å². The van der Waals surface area contributed by atoms with Crippen LogP contribution in [-0.2, 0) is 4.79 Å². The zero-order valence-electron chi connectivity index (χ0n) is 17.4. The van der Waals surface area contributed by atoms with Crippen LogP contribution >= 0.6 is 23.4 Å². The van der Waals surface area contributed by atoms with Gasteiger partial charge in [0.25, 0.3) is 5.91 Å². The minimum Gasteiger partial charge on any atom is -0.490 e. The molecule has 1 aliphatic heterocycles. The maximum Gasteiger partial charge on any atom is 0.262 e. The molecule has 7 heteroatoms. The van der Waals surface area contributed by atoms with Gasteiger partial charge in [0.05, 0.1) is 6.61 Å². The first-order chi connectivity index (χ1) is 14.3. The highest BCUT2D eigenvalue weighted by Crippen LogP contribution is 2.36. The lowest BCUT2D eigenvalue weighted by Crippen LogP contribution is -2.35. The largest absolute Gasteiger partial charge is 0.490 e. The molecular formula is C23H24ClNO4S. The average molecular weight is 446 g/mol. The molecule has 5 nitrogen and oxygen atoms in total. The van der Waals surface area contributed by atoms with Crippen molar-refractivity contribution in [3.8, 4) is 11.5 Å². The lowest BCUT2D eigenvalue weighted by molar-refractivity contribution is -0.135. The molecule has 1 atom stereocenters. The molecule has 30 heavy (non-hydrogen) atoms. The number of Topliss-reactive ketones (excluding diaryl/α,β-unsaturated/α-hetero) is 1. The molecule has 0 fully saturated rings. The van der Waals surface area contributed by atoms with Crippen molar-refractivity contribution in [1.29, 1.82) is 0 Å². The quantitative estimate of drug-likeness (QED) is 0.588. The minimum absolute atomic E-state index is 0.0188. The number of ether oxygens (including phenoxy) is 2. The summed E-state index contributed by atoms with van der Waals surface area (Å²) in [6.07, 6.45) is 1.22. The molecule has 0 saturated heterocycles. The molecule has 0 saturated carbocycles. The first kappa shape index (κ1) is 22.2. The monoisotopic (exact) mass is 445 g/mol. The van der Waals surface area contributed by atoms with Gasteiger partial charge >= 0.3 is 0 Å². The van der Waals surface area contributed by atoms with Crippen LogP contribution in [0.5, 0.6) is 11.5 Å². The summed E-state index contributed by atoms with van der Waals surface area (Å²) in [6.45, 7) is 4.03. The van der Waals surface area contributed by atoms with Crippen molar-refractivity contribution < 1.29 is 19.1 Å². The fourth-order valence-electron chi connectivity index (χ4n) is 3.09. The number of nitrogens with zero attached hydrogens (tertiary/aromatic N) is 1. The topological polar surface area (TPSA) is 55.8 Å². The second-order valence-corrected chi connectivity index (χ2v) is 8.51. The third kappa shape index (κ3) is 4.99. The van der Waals surface area contributed by atoms with E-state index in [-0.39, 0.29) is 11.7 Å². The van der Waals surface area contributed by atoms with Gasteiger partial charge < -0.3 is 14.4 Å². The van der Waals surface area contributed by atoms with Gasteiger partial charge in [-0.15, -0.1) is 11.8 Å². The third-order valence-electron chi connectivity index (χ3n) is 4.56. The Labute approximate surface area is 186 Å². The van der Waals surface area contributed by atoms with Crippen LogP contribution in [0.4, 0.5) is 0 Å². The maximum absolute atomic E-state index is 12.9. The van der Waals surface area contributed by atoms with E-state index in [0.717, 1.165) is 10.5 Å². The molecule has 3 rings (SSSR count). The van der Waals surface area contributed by atoms with Gasteiger partial charge in [-0.2, -0.15) is 0 Å². The molecule has 0 radical (unpaired) electrons. The average Bonchev–Trinajstić information content (AvgIpc) is 2.71. The number of hydrogen-bond acceptors (Lipinski definition) is 5. The zero-order chi connectivity index (χ0) is 21.8. The summed E-state index contributed by atoms with van der Waals surface area (Å²) in [5, 5.41) is 0.547. The Hall–Kier alpha value is -2.44. The molecule has 1 aliphatic rings. The fraction of sp³-hybridized carbons (Fsp3) is 0.304. The SMILES string of the molecule is CCOc1cc(C=C2CSc3ccc(Cl)cc3C2=O)ccc1OC(C)C(=O)N(C)C. The summed E-state index contributed by atoms with van der Waals surface area (Å²) in [6, 6.07) is 10.8. The highest BCUT2D eigenvalue weighted by Gasteiger charge is 2.23. The minimum atomic E-state index is -0.638. The van der Waals surface area contributed by atoms with Gasteiger partial charge in [0.15, 0.2) is 23.4 Å². The van der Waals surface area contributed by atoms with Crippen molar-refractivity contribution in [3.05, 3.63) is 58.1 Å². The molecule has 2 aromatic carbocycles. The van der Waals surface area contributed by atoms with E-state index in [1.54, 1.807) is 51.0 Å². The number of hydrogen-bond donors (Lipinski definition) is 0. The van der Waals surface area contributed by atoms with Crippen molar-refractivity contribution in [2.75, 3.05) is 26.5 Å². The van der Waals surface area contributed by atoms with Crippen LogP contribution in [-0.4, -0.2) is 49.1 Å². The van der Waals surface area contributed by atoms with E-state index in [9.17, 15) is 9.59 Å². The van der Waals surface area contributed by atoms with Crippen molar-refractivity contribution in [2.24, 2.45) is 0 Å². The Bertz CT molecular complexity index is 1000. The van der Waals surface area contributed by atoms with E-state index in [0.29, 0.717) is 40.0 Å². The summed E-state index contributed by atoms with van der Waals surface area (Å²) in [4.78, 5) is 27.4. The Balaban J connectivity index is 1.87. The molecule has 0 aromatic heterocycles. The van der Waals surface area contributed by atoms with Crippen LogP contribution in [0.2, 0.25) is 5.02 Å². The number of fused-ring (bicyclic) bond motifs is 1. The van der Waals surface area contributed by atoms with Crippen molar-refractivity contribution in [1.82, 2.24) is 4.90 Å². The highest BCUT2D eigenvalue weighted by atomic mass is 35.5. The Morgan fingerprint density at radius 3 is 2.70 bits per heavy atom. The molecule has 2 aromatic rings. The van der Waals surface area contributed by atoms with Gasteiger partial charge in [0.1, 0.15) is 0 Å². The van der Waals surface area contributed by atoms with Crippen molar-refractivity contribution in [3.63, 3.8) is 0 Å². The number of ketones is 1. The lowest BCUT2D eigenvalue weighted by atomic mass is 10.0. The highest BCUT2D eigenvalue weighted by molar-refractivity contribution is 7.99. The molecule has 158 valence electrons. The second-order valence-electron chi connectivity index (χ2n) is 7.06. The lowest BCUT2D eigenvalue weighted by Gasteiger charge is -2.20. The second kappa shape index (κ2) is 9.58. The zero-order valence-corrected chi connectivity index (χ0v) is 19.0. The smallest absolute Gasteiger partial charge is 0.262 e. The third-order valence-corrected chi connectivity index (χ3v) is 5.92. The number of thioether (sulfide) groups is 1. The number of benzene rings is 2. The molecule has 1 unspecified atom stereocenters. The molecule has 1 heterocycles. The fourth-order valence-corrected chi connectivity index (χ4v) is 4.26. The van der Waals surface area contributed by atoms with Gasteiger partial charge in [0.2, 0.25) is 0 Å². The molecule has 1 amide bonds. The summed E-state index contributed by atoms with van der Waals surface area (Å²) >= 11 is 7.68. The number of amides is 1. The van der Waals surface area contributed by atoms with E-state index < -0.39 is 6.10 Å². The van der Waals surface area contributed by atoms with Crippen molar-refractivity contribution in [2.45, 2.75) is 24.8 Å². The molecule has 0 N–H and O–H groups in total. The van der Waals surface area contributed by atoms with Crippen molar-refractivity contribution >= 4 is 41.1 Å². The predicted molar refractivity (Wildman–Crippen MR) is 121 cm³/mol. The summed E-state index contributed by atoms with van der Waals surface area (Å²) < 4.78 is 11.5. The van der Waals surface area contributed by atoms with Gasteiger partial charge in [-0.3, -0.25) is 9.59 Å². The van der Waals surface area contributed by atoms with Gasteiger partial charge in [-0.25, -0.2) is 0 Å². The Morgan fingerprint density at radius 1 is 1.23 bits per heavy atom.